The molecule has 1 fully saturated rings. The highest BCUT2D eigenvalue weighted by Crippen LogP contribution is 2.17. The SMILES string of the molecule is CC(C)=CC(=O)OC1CCCC1=O. The minimum absolute atomic E-state index is 0.0514. The van der Waals surface area contributed by atoms with Crippen LogP contribution in [0, 0.1) is 0 Å². The Morgan fingerprint density at radius 1 is 1.54 bits per heavy atom. The van der Waals surface area contributed by atoms with Gasteiger partial charge in [-0.05, 0) is 26.7 Å². The summed E-state index contributed by atoms with van der Waals surface area (Å²) in [6.07, 6.45) is 2.99. The van der Waals surface area contributed by atoms with E-state index in [-0.39, 0.29) is 5.78 Å². The topological polar surface area (TPSA) is 43.4 Å². The third-order valence-electron chi connectivity index (χ3n) is 1.91. The van der Waals surface area contributed by atoms with Crippen LogP contribution in [0.1, 0.15) is 33.1 Å². The van der Waals surface area contributed by atoms with Gasteiger partial charge in [0, 0.05) is 12.5 Å². The lowest BCUT2D eigenvalue weighted by Gasteiger charge is -2.07. The Morgan fingerprint density at radius 2 is 2.23 bits per heavy atom. The van der Waals surface area contributed by atoms with Gasteiger partial charge >= 0.3 is 5.97 Å². The van der Waals surface area contributed by atoms with Crippen LogP contribution in [0.3, 0.4) is 0 Å². The van der Waals surface area contributed by atoms with Crippen molar-refractivity contribution in [1.29, 1.82) is 0 Å². The molecular weight excluding hydrogens is 168 g/mol. The first-order chi connectivity index (χ1) is 6.09. The molecule has 3 heteroatoms. The second-order valence-electron chi connectivity index (χ2n) is 3.51. The van der Waals surface area contributed by atoms with Crippen LogP contribution in [0.25, 0.3) is 0 Å². The Bertz CT molecular complexity index is 249. The van der Waals surface area contributed by atoms with E-state index in [0.717, 1.165) is 12.0 Å². The van der Waals surface area contributed by atoms with Gasteiger partial charge < -0.3 is 4.74 Å². The summed E-state index contributed by atoms with van der Waals surface area (Å²) in [5, 5.41) is 0. The van der Waals surface area contributed by atoms with Gasteiger partial charge in [-0.15, -0.1) is 0 Å². The van der Waals surface area contributed by atoms with E-state index in [9.17, 15) is 9.59 Å². The van der Waals surface area contributed by atoms with Gasteiger partial charge in [0.25, 0.3) is 0 Å². The van der Waals surface area contributed by atoms with Crippen molar-refractivity contribution >= 4 is 11.8 Å². The van der Waals surface area contributed by atoms with Gasteiger partial charge in [-0.1, -0.05) is 5.57 Å². The summed E-state index contributed by atoms with van der Waals surface area (Å²) in [5.74, 6) is -0.351. The van der Waals surface area contributed by atoms with Crippen LogP contribution in [0.15, 0.2) is 11.6 Å². The molecule has 0 amide bonds. The molecule has 1 aliphatic rings. The van der Waals surface area contributed by atoms with Gasteiger partial charge in [-0.25, -0.2) is 4.79 Å². The second kappa shape index (κ2) is 4.21. The Hall–Kier alpha value is -1.12. The summed E-state index contributed by atoms with van der Waals surface area (Å²) >= 11 is 0. The minimum Gasteiger partial charge on any atom is -0.451 e. The molecule has 0 saturated heterocycles. The molecule has 1 atom stereocenters. The Morgan fingerprint density at radius 3 is 2.69 bits per heavy atom. The fourth-order valence-electron chi connectivity index (χ4n) is 1.32. The van der Waals surface area contributed by atoms with Crippen molar-refractivity contribution in [1.82, 2.24) is 0 Å². The molecule has 0 aliphatic heterocycles. The number of ketones is 1. The lowest BCUT2D eigenvalue weighted by atomic mass is 10.3. The van der Waals surface area contributed by atoms with E-state index in [1.165, 1.54) is 6.08 Å². The van der Waals surface area contributed by atoms with Crippen LogP contribution in [0.4, 0.5) is 0 Å². The molecule has 0 aromatic heterocycles. The molecule has 1 saturated carbocycles. The molecule has 0 heterocycles. The van der Waals surface area contributed by atoms with Crippen LogP contribution in [0.2, 0.25) is 0 Å². The van der Waals surface area contributed by atoms with Gasteiger partial charge in [-0.2, -0.15) is 0 Å². The quantitative estimate of drug-likeness (QED) is 0.481. The Balaban J connectivity index is 2.44. The number of carbonyl (C=O) groups excluding carboxylic acids is 2. The van der Waals surface area contributed by atoms with Crippen molar-refractivity contribution in [2.75, 3.05) is 0 Å². The number of hydrogen-bond acceptors (Lipinski definition) is 3. The number of allylic oxidation sites excluding steroid dienone is 1. The minimum atomic E-state index is -0.483. The fraction of sp³-hybridized carbons (Fsp3) is 0.600. The second-order valence-corrected chi connectivity index (χ2v) is 3.51. The summed E-state index contributed by atoms with van der Waals surface area (Å²) in [5.41, 5.74) is 0.885. The number of ether oxygens (including phenoxy) is 1. The molecule has 1 aliphatic carbocycles. The van der Waals surface area contributed by atoms with Crippen LogP contribution in [-0.4, -0.2) is 17.9 Å². The predicted octanol–water partition coefficient (Wildman–Crippen LogP) is 1.62. The average molecular weight is 182 g/mol. The number of hydrogen-bond donors (Lipinski definition) is 0. The number of esters is 1. The maximum absolute atomic E-state index is 11.1. The van der Waals surface area contributed by atoms with Crippen molar-refractivity contribution in [3.8, 4) is 0 Å². The molecule has 3 nitrogen and oxygen atoms in total. The summed E-state index contributed by atoms with van der Waals surface area (Å²) < 4.78 is 4.97. The van der Waals surface area contributed by atoms with Crippen LogP contribution >= 0.6 is 0 Å². The normalized spacial score (nSPS) is 21.4. The lowest BCUT2D eigenvalue weighted by Crippen LogP contribution is -2.20. The van der Waals surface area contributed by atoms with Crippen molar-refractivity contribution < 1.29 is 14.3 Å². The van der Waals surface area contributed by atoms with E-state index >= 15 is 0 Å². The zero-order valence-electron chi connectivity index (χ0n) is 8.00. The molecule has 1 rings (SSSR count). The summed E-state index contributed by atoms with van der Waals surface area (Å²) in [4.78, 5) is 22.2. The molecule has 0 radical (unpaired) electrons. The van der Waals surface area contributed by atoms with Crippen molar-refractivity contribution in [3.05, 3.63) is 11.6 Å². The first-order valence-corrected chi connectivity index (χ1v) is 4.48. The fourth-order valence-corrected chi connectivity index (χ4v) is 1.32. The van der Waals surface area contributed by atoms with E-state index in [2.05, 4.69) is 0 Å². The van der Waals surface area contributed by atoms with E-state index in [1.54, 1.807) is 0 Å². The maximum atomic E-state index is 11.1. The van der Waals surface area contributed by atoms with Crippen LogP contribution < -0.4 is 0 Å². The van der Waals surface area contributed by atoms with E-state index in [4.69, 9.17) is 4.74 Å². The molecule has 0 aromatic rings. The largest absolute Gasteiger partial charge is 0.451 e. The van der Waals surface area contributed by atoms with Crippen molar-refractivity contribution in [3.63, 3.8) is 0 Å². The van der Waals surface area contributed by atoms with Crippen molar-refractivity contribution in [2.24, 2.45) is 0 Å². The molecule has 0 N–H and O–H groups in total. The highest BCUT2D eigenvalue weighted by Gasteiger charge is 2.27. The molecule has 72 valence electrons. The van der Waals surface area contributed by atoms with Gasteiger partial charge in [0.05, 0.1) is 0 Å². The summed E-state index contributed by atoms with van der Waals surface area (Å²) in [6.45, 7) is 3.63. The predicted molar refractivity (Wildman–Crippen MR) is 48.2 cm³/mol. The maximum Gasteiger partial charge on any atom is 0.331 e. The Kier molecular flexibility index (Phi) is 3.23. The first kappa shape index (κ1) is 9.96. The van der Waals surface area contributed by atoms with E-state index in [0.29, 0.717) is 12.8 Å². The van der Waals surface area contributed by atoms with Crippen molar-refractivity contribution in [2.45, 2.75) is 39.2 Å². The zero-order valence-corrected chi connectivity index (χ0v) is 8.00. The zero-order chi connectivity index (χ0) is 9.84. The van der Waals surface area contributed by atoms with Gasteiger partial charge in [0.1, 0.15) is 0 Å². The van der Waals surface area contributed by atoms with Crippen LogP contribution in [-0.2, 0) is 14.3 Å². The third kappa shape index (κ3) is 3.01. The molecule has 0 spiro atoms. The van der Waals surface area contributed by atoms with Gasteiger partial charge in [0.2, 0.25) is 0 Å². The Labute approximate surface area is 77.8 Å². The number of rotatable bonds is 2. The monoisotopic (exact) mass is 182 g/mol. The van der Waals surface area contributed by atoms with Crippen LogP contribution in [0.5, 0.6) is 0 Å². The first-order valence-electron chi connectivity index (χ1n) is 4.48. The van der Waals surface area contributed by atoms with E-state index < -0.39 is 12.1 Å². The highest BCUT2D eigenvalue weighted by molar-refractivity contribution is 5.90. The van der Waals surface area contributed by atoms with Gasteiger partial charge in [-0.3, -0.25) is 4.79 Å². The average Bonchev–Trinajstić information content (AvgIpc) is 2.34. The standard InChI is InChI=1S/C10H14O3/c1-7(2)6-10(12)13-9-5-3-4-8(9)11/h6,9H,3-5H2,1-2H3. The molecule has 0 bridgehead atoms. The van der Waals surface area contributed by atoms with E-state index in [1.807, 2.05) is 13.8 Å². The molecular formula is C10H14O3. The molecule has 0 aromatic carbocycles. The van der Waals surface area contributed by atoms with Gasteiger partial charge in [0.15, 0.2) is 11.9 Å². The summed E-state index contributed by atoms with van der Waals surface area (Å²) in [6, 6.07) is 0. The molecule has 1 unspecified atom stereocenters. The smallest absolute Gasteiger partial charge is 0.331 e. The third-order valence-corrected chi connectivity index (χ3v) is 1.91. The lowest BCUT2D eigenvalue weighted by molar-refractivity contribution is -0.148. The summed E-state index contributed by atoms with van der Waals surface area (Å²) in [7, 11) is 0. The molecule has 13 heavy (non-hydrogen) atoms. The number of carbonyl (C=O) groups is 2. The number of Topliss-reactive ketones (excluding diaryl/α,β-unsaturated/α-hetero) is 1. The highest BCUT2D eigenvalue weighted by atomic mass is 16.5.